The zero-order chi connectivity index (χ0) is 10.3. The Morgan fingerprint density at radius 1 is 1.38 bits per heavy atom. The fourth-order valence-electron chi connectivity index (χ4n) is 0.638. The van der Waals surface area contributed by atoms with Crippen LogP contribution in [0.1, 0.15) is 0 Å². The van der Waals surface area contributed by atoms with Gasteiger partial charge >= 0.3 is 0 Å². The molecule has 0 fully saturated rings. The second kappa shape index (κ2) is 6.28. The maximum absolute atomic E-state index is 11.1. The molecule has 0 spiro atoms. The van der Waals surface area contributed by atoms with Gasteiger partial charge in [-0.05, 0) is 0 Å². The molecular formula is C6H15NO5S. The first-order chi connectivity index (χ1) is 6.05. The third-order valence-electron chi connectivity index (χ3n) is 1.34. The van der Waals surface area contributed by atoms with Gasteiger partial charge in [-0.3, -0.25) is 0 Å². The van der Waals surface area contributed by atoms with Gasteiger partial charge in [0.05, 0.1) is 31.6 Å². The summed E-state index contributed by atoms with van der Waals surface area (Å²) in [7, 11) is -2.07. The van der Waals surface area contributed by atoms with Crippen LogP contribution in [0.4, 0.5) is 0 Å². The summed E-state index contributed by atoms with van der Waals surface area (Å²) in [5, 5.41) is 17.2. The van der Waals surface area contributed by atoms with E-state index in [2.05, 4.69) is 9.46 Å². The van der Waals surface area contributed by atoms with Gasteiger partial charge in [0.15, 0.2) is 0 Å². The van der Waals surface area contributed by atoms with Gasteiger partial charge < -0.3 is 14.9 Å². The molecule has 0 saturated heterocycles. The van der Waals surface area contributed by atoms with E-state index >= 15 is 0 Å². The first kappa shape index (κ1) is 12.8. The average Bonchev–Trinajstić information content (AvgIpc) is 2.11. The third kappa shape index (κ3) is 5.94. The van der Waals surface area contributed by atoms with Crippen molar-refractivity contribution in [3.8, 4) is 0 Å². The van der Waals surface area contributed by atoms with Gasteiger partial charge in [0, 0.05) is 7.11 Å². The molecule has 80 valence electrons. The van der Waals surface area contributed by atoms with Gasteiger partial charge in [0.25, 0.3) is 0 Å². The van der Waals surface area contributed by atoms with Crippen LogP contribution < -0.4 is 4.72 Å². The molecule has 7 heteroatoms. The molecule has 0 aliphatic rings. The first-order valence-electron chi connectivity index (χ1n) is 3.76. The number of aliphatic hydroxyl groups excluding tert-OH is 2. The van der Waals surface area contributed by atoms with Crippen LogP contribution in [0, 0.1) is 0 Å². The van der Waals surface area contributed by atoms with Crippen LogP contribution >= 0.6 is 0 Å². The number of rotatable bonds is 7. The number of hydrogen-bond donors (Lipinski definition) is 3. The Kier molecular flexibility index (Phi) is 6.17. The van der Waals surface area contributed by atoms with Crippen LogP contribution in [0.25, 0.3) is 0 Å². The molecule has 0 aliphatic carbocycles. The van der Waals surface area contributed by atoms with Gasteiger partial charge in [0.1, 0.15) is 0 Å². The molecule has 0 aliphatic heterocycles. The SMILES string of the molecule is COCCS(=O)(=O)NC(CO)CO. The van der Waals surface area contributed by atoms with E-state index in [-0.39, 0.29) is 12.4 Å². The average molecular weight is 213 g/mol. The van der Waals surface area contributed by atoms with E-state index in [1.807, 2.05) is 0 Å². The highest BCUT2D eigenvalue weighted by atomic mass is 32.2. The predicted octanol–water partition coefficient (Wildman–Crippen LogP) is -2.09. The summed E-state index contributed by atoms with van der Waals surface area (Å²) in [6.07, 6.45) is 0. The van der Waals surface area contributed by atoms with Gasteiger partial charge in [0.2, 0.25) is 10.0 Å². The molecule has 0 radical (unpaired) electrons. The fraction of sp³-hybridized carbons (Fsp3) is 1.00. The van der Waals surface area contributed by atoms with E-state index < -0.39 is 29.3 Å². The predicted molar refractivity (Wildman–Crippen MR) is 46.8 cm³/mol. The van der Waals surface area contributed by atoms with Gasteiger partial charge in [-0.1, -0.05) is 0 Å². The monoisotopic (exact) mass is 213 g/mol. The van der Waals surface area contributed by atoms with Crippen LogP contribution in [0.3, 0.4) is 0 Å². The first-order valence-corrected chi connectivity index (χ1v) is 5.41. The fourth-order valence-corrected chi connectivity index (χ4v) is 1.80. The van der Waals surface area contributed by atoms with Crippen molar-refractivity contribution in [3.05, 3.63) is 0 Å². The zero-order valence-corrected chi connectivity index (χ0v) is 8.25. The van der Waals surface area contributed by atoms with Crippen LogP contribution in [-0.4, -0.2) is 57.4 Å². The van der Waals surface area contributed by atoms with Crippen molar-refractivity contribution in [2.24, 2.45) is 0 Å². The molecule has 13 heavy (non-hydrogen) atoms. The number of aliphatic hydroxyl groups is 2. The molecule has 0 bridgehead atoms. The summed E-state index contributed by atoms with van der Waals surface area (Å²) < 4.78 is 28.9. The summed E-state index contributed by atoms with van der Waals surface area (Å²) in [6, 6.07) is -0.832. The molecule has 0 heterocycles. The van der Waals surface area contributed by atoms with Crippen molar-refractivity contribution in [3.63, 3.8) is 0 Å². The minimum Gasteiger partial charge on any atom is -0.395 e. The lowest BCUT2D eigenvalue weighted by Crippen LogP contribution is -2.41. The lowest BCUT2D eigenvalue weighted by atomic mass is 10.4. The molecule has 3 N–H and O–H groups in total. The minimum absolute atomic E-state index is 0.0823. The molecule has 0 atom stereocenters. The Labute approximate surface area is 77.6 Å². The van der Waals surface area contributed by atoms with Crippen LogP contribution in [-0.2, 0) is 14.8 Å². The van der Waals surface area contributed by atoms with Crippen LogP contribution in [0.5, 0.6) is 0 Å². The van der Waals surface area contributed by atoms with Crippen molar-refractivity contribution in [1.82, 2.24) is 4.72 Å². The van der Waals surface area contributed by atoms with Crippen molar-refractivity contribution >= 4 is 10.0 Å². The summed E-state index contributed by atoms with van der Waals surface area (Å²) in [4.78, 5) is 0. The van der Waals surface area contributed by atoms with E-state index in [0.717, 1.165) is 0 Å². The highest BCUT2D eigenvalue weighted by Gasteiger charge is 2.15. The van der Waals surface area contributed by atoms with Crippen molar-refractivity contribution in [2.75, 3.05) is 32.7 Å². The Bertz CT molecular complexity index is 211. The second-order valence-corrected chi connectivity index (χ2v) is 4.37. The lowest BCUT2D eigenvalue weighted by Gasteiger charge is -2.12. The minimum atomic E-state index is -3.46. The van der Waals surface area contributed by atoms with Crippen molar-refractivity contribution < 1.29 is 23.4 Å². The van der Waals surface area contributed by atoms with E-state index in [1.54, 1.807) is 0 Å². The van der Waals surface area contributed by atoms with E-state index in [1.165, 1.54) is 7.11 Å². The number of sulfonamides is 1. The van der Waals surface area contributed by atoms with Crippen LogP contribution in [0.2, 0.25) is 0 Å². The smallest absolute Gasteiger partial charge is 0.214 e. The largest absolute Gasteiger partial charge is 0.395 e. The van der Waals surface area contributed by atoms with Gasteiger partial charge in [-0.15, -0.1) is 0 Å². The molecule has 0 unspecified atom stereocenters. The van der Waals surface area contributed by atoms with E-state index in [4.69, 9.17) is 10.2 Å². The summed E-state index contributed by atoms with van der Waals surface area (Å²) in [5.41, 5.74) is 0. The summed E-state index contributed by atoms with van der Waals surface area (Å²) >= 11 is 0. The van der Waals surface area contributed by atoms with Crippen molar-refractivity contribution in [2.45, 2.75) is 6.04 Å². The molecular weight excluding hydrogens is 198 g/mol. The molecule has 0 aromatic heterocycles. The molecule has 0 rings (SSSR count). The number of methoxy groups -OCH3 is 1. The molecule has 6 nitrogen and oxygen atoms in total. The number of nitrogens with one attached hydrogen (secondary N) is 1. The highest BCUT2D eigenvalue weighted by Crippen LogP contribution is 1.89. The maximum Gasteiger partial charge on any atom is 0.214 e. The molecule has 0 aromatic carbocycles. The third-order valence-corrected chi connectivity index (χ3v) is 2.74. The molecule has 0 amide bonds. The topological polar surface area (TPSA) is 95.9 Å². The lowest BCUT2D eigenvalue weighted by molar-refractivity contribution is 0.184. The van der Waals surface area contributed by atoms with E-state index in [9.17, 15) is 8.42 Å². The quantitative estimate of drug-likeness (QED) is 0.450. The number of ether oxygens (including phenoxy) is 1. The molecule has 0 aromatic rings. The van der Waals surface area contributed by atoms with Crippen LogP contribution in [0.15, 0.2) is 0 Å². The van der Waals surface area contributed by atoms with E-state index in [0.29, 0.717) is 0 Å². The second-order valence-electron chi connectivity index (χ2n) is 2.49. The zero-order valence-electron chi connectivity index (χ0n) is 7.43. The Morgan fingerprint density at radius 3 is 2.31 bits per heavy atom. The van der Waals surface area contributed by atoms with Gasteiger partial charge in [-0.2, -0.15) is 0 Å². The van der Waals surface area contributed by atoms with Gasteiger partial charge in [-0.25, -0.2) is 13.1 Å². The summed E-state index contributed by atoms with van der Waals surface area (Å²) in [5.74, 6) is -0.181. The standard InChI is InChI=1S/C6H15NO5S/c1-12-2-3-13(10,11)7-6(4-8)5-9/h6-9H,2-5H2,1H3. The van der Waals surface area contributed by atoms with Crippen molar-refractivity contribution in [1.29, 1.82) is 0 Å². The summed E-state index contributed by atoms with van der Waals surface area (Å²) in [6.45, 7) is -0.773. The highest BCUT2D eigenvalue weighted by molar-refractivity contribution is 7.89. The Morgan fingerprint density at radius 2 is 1.92 bits per heavy atom. The number of hydrogen-bond acceptors (Lipinski definition) is 5. The maximum atomic E-state index is 11.1. The normalized spacial score (nSPS) is 12.3. The molecule has 0 saturated carbocycles. The Hall–Kier alpha value is -0.210. The Balaban J connectivity index is 4.00.